The van der Waals surface area contributed by atoms with Crippen molar-refractivity contribution in [3.8, 4) is 5.75 Å². The molecule has 0 atom stereocenters. The Balaban J connectivity index is 2.09. The average molecular weight is 307 g/mol. The van der Waals surface area contributed by atoms with Crippen molar-refractivity contribution in [3.63, 3.8) is 0 Å². The van der Waals surface area contributed by atoms with Crippen LogP contribution in [0.15, 0.2) is 42.6 Å². The molecule has 0 radical (unpaired) electrons. The van der Waals surface area contributed by atoms with Crippen LogP contribution in [0.3, 0.4) is 0 Å². The summed E-state index contributed by atoms with van der Waals surface area (Å²) < 4.78 is 5.37. The summed E-state index contributed by atoms with van der Waals surface area (Å²) in [6.45, 7) is 2.01. The van der Waals surface area contributed by atoms with Crippen molar-refractivity contribution in [2.75, 3.05) is 20.3 Å². The minimum atomic E-state index is 0.0999. The molecule has 0 aliphatic rings. The van der Waals surface area contributed by atoms with Gasteiger partial charge in [-0.2, -0.15) is 0 Å². The van der Waals surface area contributed by atoms with Crippen LogP contribution in [-0.2, 0) is 13.1 Å². The molecule has 2 aromatic rings. The summed E-state index contributed by atoms with van der Waals surface area (Å²) in [6, 6.07) is 11.6. The van der Waals surface area contributed by atoms with Gasteiger partial charge in [0.25, 0.3) is 0 Å². The molecule has 0 aliphatic heterocycles. The van der Waals surface area contributed by atoms with Crippen molar-refractivity contribution in [2.24, 2.45) is 0 Å². The van der Waals surface area contributed by atoms with Crippen molar-refractivity contribution in [1.82, 2.24) is 9.88 Å². The van der Waals surface area contributed by atoms with Crippen molar-refractivity contribution < 1.29 is 9.84 Å². The van der Waals surface area contributed by atoms with Gasteiger partial charge in [0.2, 0.25) is 0 Å². The van der Waals surface area contributed by atoms with Crippen LogP contribution in [0.5, 0.6) is 5.75 Å². The molecule has 2 rings (SSSR count). The lowest BCUT2D eigenvalue weighted by Gasteiger charge is -2.22. The molecule has 0 saturated heterocycles. The van der Waals surface area contributed by atoms with Gasteiger partial charge >= 0.3 is 0 Å². The van der Waals surface area contributed by atoms with Crippen molar-refractivity contribution >= 4 is 11.6 Å². The number of aromatic nitrogens is 1. The fraction of sp³-hybridized carbons (Fsp3) is 0.312. The van der Waals surface area contributed by atoms with Crippen molar-refractivity contribution in [2.45, 2.75) is 13.1 Å². The van der Waals surface area contributed by atoms with E-state index in [4.69, 9.17) is 16.3 Å². The third-order valence-corrected chi connectivity index (χ3v) is 3.40. The molecule has 0 bridgehead atoms. The first kappa shape index (κ1) is 15.8. The molecule has 1 aromatic heterocycles. The van der Waals surface area contributed by atoms with Gasteiger partial charge in [-0.25, -0.2) is 0 Å². The van der Waals surface area contributed by atoms with E-state index in [1.54, 1.807) is 13.3 Å². The van der Waals surface area contributed by atoms with E-state index in [0.29, 0.717) is 24.7 Å². The maximum Gasteiger partial charge on any atom is 0.123 e. The fourth-order valence-corrected chi connectivity index (χ4v) is 2.27. The Bertz CT molecular complexity index is 560. The molecule has 4 nitrogen and oxygen atoms in total. The molecule has 1 N–H and O–H groups in total. The largest absolute Gasteiger partial charge is 0.496 e. The summed E-state index contributed by atoms with van der Waals surface area (Å²) in [4.78, 5) is 6.42. The number of pyridine rings is 1. The number of aliphatic hydroxyl groups excluding tert-OH is 1. The number of benzene rings is 1. The molecule has 0 spiro atoms. The molecule has 21 heavy (non-hydrogen) atoms. The summed E-state index contributed by atoms with van der Waals surface area (Å²) in [7, 11) is 1.66. The standard InChI is InChI=1S/C16H19ClN2O2/c1-21-16-5-3-2-4-13(16)11-19(8-9-20)12-15-7-6-14(17)10-18-15/h2-7,10,20H,8-9,11-12H2,1H3. The highest BCUT2D eigenvalue weighted by atomic mass is 35.5. The second-order valence-corrected chi connectivity index (χ2v) is 5.15. The summed E-state index contributed by atoms with van der Waals surface area (Å²) in [5.74, 6) is 0.851. The normalized spacial score (nSPS) is 10.9. The first-order valence-electron chi connectivity index (χ1n) is 6.78. The van der Waals surface area contributed by atoms with Crippen molar-refractivity contribution in [1.29, 1.82) is 0 Å². The first-order chi connectivity index (χ1) is 10.2. The molecular weight excluding hydrogens is 288 g/mol. The lowest BCUT2D eigenvalue weighted by Crippen LogP contribution is -2.26. The molecule has 0 unspecified atom stereocenters. The molecule has 5 heteroatoms. The SMILES string of the molecule is COc1ccccc1CN(CCO)Cc1ccc(Cl)cn1. The molecule has 1 heterocycles. The summed E-state index contributed by atoms with van der Waals surface area (Å²) in [5.41, 5.74) is 2.00. The number of halogens is 1. The van der Waals surface area contributed by atoms with Gasteiger partial charge in [-0.3, -0.25) is 9.88 Å². The Morgan fingerprint density at radius 2 is 2.00 bits per heavy atom. The molecule has 0 amide bonds. The Kier molecular flexibility index (Phi) is 5.99. The molecule has 0 aliphatic carbocycles. The van der Waals surface area contributed by atoms with Crippen LogP contribution in [-0.4, -0.2) is 35.3 Å². The number of ether oxygens (including phenoxy) is 1. The van der Waals surface area contributed by atoms with Crippen LogP contribution in [0.25, 0.3) is 0 Å². The molecular formula is C16H19ClN2O2. The second-order valence-electron chi connectivity index (χ2n) is 4.71. The van der Waals surface area contributed by atoms with Gasteiger partial charge in [-0.15, -0.1) is 0 Å². The minimum Gasteiger partial charge on any atom is -0.496 e. The van der Waals surface area contributed by atoms with Gasteiger partial charge in [0.15, 0.2) is 0 Å². The van der Waals surface area contributed by atoms with Gasteiger partial charge in [0, 0.05) is 31.4 Å². The fourth-order valence-electron chi connectivity index (χ4n) is 2.16. The van der Waals surface area contributed by atoms with Crippen LogP contribution >= 0.6 is 11.6 Å². The zero-order valence-corrected chi connectivity index (χ0v) is 12.8. The van der Waals surface area contributed by atoms with E-state index in [1.165, 1.54) is 0 Å². The smallest absolute Gasteiger partial charge is 0.123 e. The number of para-hydroxylation sites is 1. The topological polar surface area (TPSA) is 45.6 Å². The van der Waals surface area contributed by atoms with Crippen LogP contribution in [0.1, 0.15) is 11.3 Å². The van der Waals surface area contributed by atoms with E-state index in [-0.39, 0.29) is 6.61 Å². The summed E-state index contributed by atoms with van der Waals surface area (Å²) in [5, 5.41) is 9.87. The van der Waals surface area contributed by atoms with Crippen LogP contribution < -0.4 is 4.74 Å². The first-order valence-corrected chi connectivity index (χ1v) is 7.16. The zero-order chi connectivity index (χ0) is 15.1. The highest BCUT2D eigenvalue weighted by molar-refractivity contribution is 6.30. The number of aliphatic hydroxyl groups is 1. The Morgan fingerprint density at radius 3 is 2.67 bits per heavy atom. The lowest BCUT2D eigenvalue weighted by molar-refractivity contribution is 0.181. The minimum absolute atomic E-state index is 0.0999. The number of methoxy groups -OCH3 is 1. The second kappa shape index (κ2) is 7.98. The third kappa shape index (κ3) is 4.70. The average Bonchev–Trinajstić information content (AvgIpc) is 2.50. The summed E-state index contributed by atoms with van der Waals surface area (Å²) in [6.07, 6.45) is 1.64. The maximum atomic E-state index is 9.25. The van der Waals surface area contributed by atoms with E-state index < -0.39 is 0 Å². The predicted octanol–water partition coefficient (Wildman–Crippen LogP) is 2.74. The van der Waals surface area contributed by atoms with E-state index in [9.17, 15) is 5.11 Å². The van der Waals surface area contributed by atoms with E-state index in [2.05, 4.69) is 9.88 Å². The number of nitrogens with zero attached hydrogens (tertiary/aromatic N) is 2. The monoisotopic (exact) mass is 306 g/mol. The molecule has 0 saturated carbocycles. The van der Waals surface area contributed by atoms with Gasteiger partial charge < -0.3 is 9.84 Å². The van der Waals surface area contributed by atoms with E-state index in [1.807, 2.05) is 36.4 Å². The highest BCUT2D eigenvalue weighted by Gasteiger charge is 2.10. The maximum absolute atomic E-state index is 9.25. The van der Waals surface area contributed by atoms with Gasteiger partial charge in [0.1, 0.15) is 5.75 Å². The predicted molar refractivity (Wildman–Crippen MR) is 83.4 cm³/mol. The Labute approximate surface area is 130 Å². The molecule has 112 valence electrons. The van der Waals surface area contributed by atoms with Gasteiger partial charge in [-0.05, 0) is 18.2 Å². The number of hydrogen-bond acceptors (Lipinski definition) is 4. The quantitative estimate of drug-likeness (QED) is 0.854. The van der Waals surface area contributed by atoms with Gasteiger partial charge in [-0.1, -0.05) is 29.8 Å². The van der Waals surface area contributed by atoms with E-state index >= 15 is 0 Å². The van der Waals surface area contributed by atoms with Gasteiger partial charge in [0.05, 0.1) is 24.4 Å². The van der Waals surface area contributed by atoms with Crippen LogP contribution in [0, 0.1) is 0 Å². The third-order valence-electron chi connectivity index (χ3n) is 3.18. The van der Waals surface area contributed by atoms with Crippen molar-refractivity contribution in [3.05, 3.63) is 58.9 Å². The Morgan fingerprint density at radius 1 is 1.19 bits per heavy atom. The summed E-state index contributed by atoms with van der Waals surface area (Å²) >= 11 is 5.85. The molecule has 1 aromatic carbocycles. The van der Waals surface area contributed by atoms with Crippen LogP contribution in [0.4, 0.5) is 0 Å². The number of rotatable bonds is 7. The van der Waals surface area contributed by atoms with E-state index in [0.717, 1.165) is 17.0 Å². The zero-order valence-electron chi connectivity index (χ0n) is 12.0. The lowest BCUT2D eigenvalue weighted by atomic mass is 10.2. The highest BCUT2D eigenvalue weighted by Crippen LogP contribution is 2.20. The number of hydrogen-bond donors (Lipinski definition) is 1. The Hall–Kier alpha value is -1.62. The van der Waals surface area contributed by atoms with Crippen LogP contribution in [0.2, 0.25) is 5.02 Å². The molecule has 0 fully saturated rings.